The summed E-state index contributed by atoms with van der Waals surface area (Å²) in [6, 6.07) is 16.3. The van der Waals surface area contributed by atoms with Gasteiger partial charge in [-0.25, -0.2) is 0 Å². The number of aryl methyl sites for hydroxylation is 1. The Labute approximate surface area is 132 Å². The molecule has 1 amide bonds. The lowest BCUT2D eigenvalue weighted by Gasteiger charge is -2.10. The first-order valence-electron chi connectivity index (χ1n) is 7.71. The highest BCUT2D eigenvalue weighted by molar-refractivity contribution is 5.80. The average Bonchev–Trinajstić information content (AvgIpc) is 2.52. The second-order valence-corrected chi connectivity index (χ2v) is 5.83. The SMILES string of the molecule is Cc1ccccc1CNC(=O)CNc1ccc(C(C)C)cc1. The standard InChI is InChI=1S/C19H24N2O/c1-14(2)16-8-10-18(11-9-16)20-13-19(22)21-12-17-7-5-4-6-15(17)3/h4-11,14,20H,12-13H2,1-3H3,(H,21,22). The molecule has 0 aliphatic rings. The highest BCUT2D eigenvalue weighted by Crippen LogP contribution is 2.16. The Morgan fingerprint density at radius 3 is 2.36 bits per heavy atom. The monoisotopic (exact) mass is 296 g/mol. The Hall–Kier alpha value is -2.29. The zero-order chi connectivity index (χ0) is 15.9. The second-order valence-electron chi connectivity index (χ2n) is 5.83. The van der Waals surface area contributed by atoms with Gasteiger partial charge in [0.05, 0.1) is 6.54 Å². The molecule has 0 saturated heterocycles. The van der Waals surface area contributed by atoms with Gasteiger partial charge in [-0.1, -0.05) is 50.2 Å². The van der Waals surface area contributed by atoms with Crippen molar-refractivity contribution in [1.29, 1.82) is 0 Å². The Morgan fingerprint density at radius 2 is 1.73 bits per heavy atom. The number of rotatable bonds is 6. The molecule has 3 heteroatoms. The van der Waals surface area contributed by atoms with E-state index in [2.05, 4.69) is 49.6 Å². The van der Waals surface area contributed by atoms with Crippen LogP contribution < -0.4 is 10.6 Å². The summed E-state index contributed by atoms with van der Waals surface area (Å²) in [4.78, 5) is 11.9. The van der Waals surface area contributed by atoms with Crippen LogP contribution in [-0.4, -0.2) is 12.5 Å². The van der Waals surface area contributed by atoms with E-state index in [1.165, 1.54) is 11.1 Å². The Bertz CT molecular complexity index is 618. The van der Waals surface area contributed by atoms with E-state index in [1.54, 1.807) is 0 Å². The van der Waals surface area contributed by atoms with Gasteiger partial charge >= 0.3 is 0 Å². The van der Waals surface area contributed by atoms with Gasteiger partial charge in [-0.2, -0.15) is 0 Å². The molecule has 0 heterocycles. The van der Waals surface area contributed by atoms with Gasteiger partial charge in [0, 0.05) is 12.2 Å². The smallest absolute Gasteiger partial charge is 0.239 e. The minimum atomic E-state index is -0.00353. The number of amides is 1. The summed E-state index contributed by atoms with van der Waals surface area (Å²) in [6.45, 7) is 7.24. The maximum absolute atomic E-state index is 11.9. The molecule has 0 aliphatic heterocycles. The number of benzene rings is 2. The third-order valence-corrected chi connectivity index (χ3v) is 3.77. The van der Waals surface area contributed by atoms with Crippen molar-refractivity contribution in [2.45, 2.75) is 33.2 Å². The highest BCUT2D eigenvalue weighted by atomic mass is 16.1. The molecule has 2 rings (SSSR count). The van der Waals surface area contributed by atoms with Gasteiger partial charge in [0.25, 0.3) is 0 Å². The summed E-state index contributed by atoms with van der Waals surface area (Å²) in [5, 5.41) is 6.09. The molecular weight excluding hydrogens is 272 g/mol. The lowest BCUT2D eigenvalue weighted by atomic mass is 10.0. The van der Waals surface area contributed by atoms with Gasteiger partial charge in [-0.05, 0) is 41.7 Å². The molecule has 0 unspecified atom stereocenters. The summed E-state index contributed by atoms with van der Waals surface area (Å²) in [5.41, 5.74) is 4.61. The number of carbonyl (C=O) groups is 1. The average molecular weight is 296 g/mol. The molecule has 0 aliphatic carbocycles. The first kappa shape index (κ1) is 16.1. The lowest BCUT2D eigenvalue weighted by Crippen LogP contribution is -2.29. The number of anilines is 1. The molecule has 0 atom stereocenters. The Kier molecular flexibility index (Phi) is 5.59. The van der Waals surface area contributed by atoms with Gasteiger partial charge in [0.2, 0.25) is 5.91 Å². The highest BCUT2D eigenvalue weighted by Gasteiger charge is 2.03. The van der Waals surface area contributed by atoms with E-state index in [0.29, 0.717) is 12.5 Å². The fourth-order valence-corrected chi connectivity index (χ4v) is 2.23. The molecule has 0 bridgehead atoms. The van der Waals surface area contributed by atoms with Crippen molar-refractivity contribution in [3.05, 3.63) is 65.2 Å². The van der Waals surface area contributed by atoms with Crippen molar-refractivity contribution < 1.29 is 4.79 Å². The number of nitrogens with one attached hydrogen (secondary N) is 2. The van der Waals surface area contributed by atoms with Crippen LogP contribution in [0.25, 0.3) is 0 Å². The minimum Gasteiger partial charge on any atom is -0.376 e. The van der Waals surface area contributed by atoms with Gasteiger partial charge in [0.15, 0.2) is 0 Å². The Morgan fingerprint density at radius 1 is 1.05 bits per heavy atom. The summed E-state index contributed by atoms with van der Waals surface area (Å²) in [6.07, 6.45) is 0. The quantitative estimate of drug-likeness (QED) is 0.850. The van der Waals surface area contributed by atoms with Crippen LogP contribution in [-0.2, 0) is 11.3 Å². The van der Waals surface area contributed by atoms with E-state index in [-0.39, 0.29) is 12.5 Å². The van der Waals surface area contributed by atoms with Crippen molar-refractivity contribution in [3.63, 3.8) is 0 Å². The summed E-state index contributed by atoms with van der Waals surface area (Å²) in [7, 11) is 0. The number of hydrogen-bond acceptors (Lipinski definition) is 2. The minimum absolute atomic E-state index is 0.00353. The van der Waals surface area contributed by atoms with Gasteiger partial charge in [-0.3, -0.25) is 4.79 Å². The summed E-state index contributed by atoms with van der Waals surface area (Å²) >= 11 is 0. The van der Waals surface area contributed by atoms with Crippen LogP contribution in [0.3, 0.4) is 0 Å². The van der Waals surface area contributed by atoms with Crippen LogP contribution in [0.1, 0.15) is 36.5 Å². The summed E-state index contributed by atoms with van der Waals surface area (Å²) < 4.78 is 0. The van der Waals surface area contributed by atoms with Gasteiger partial charge in [-0.15, -0.1) is 0 Å². The van der Waals surface area contributed by atoms with Crippen LogP contribution in [0.2, 0.25) is 0 Å². The normalized spacial score (nSPS) is 10.5. The molecule has 3 nitrogen and oxygen atoms in total. The second kappa shape index (κ2) is 7.64. The molecule has 0 fully saturated rings. The van der Waals surface area contributed by atoms with Crippen molar-refractivity contribution in [3.8, 4) is 0 Å². The fourth-order valence-electron chi connectivity index (χ4n) is 2.23. The first-order valence-corrected chi connectivity index (χ1v) is 7.71. The summed E-state index contributed by atoms with van der Waals surface area (Å²) in [5.74, 6) is 0.516. The van der Waals surface area contributed by atoms with Crippen molar-refractivity contribution in [1.82, 2.24) is 5.32 Å². The molecule has 2 aromatic rings. The first-order chi connectivity index (χ1) is 10.6. The molecule has 0 aromatic heterocycles. The fraction of sp³-hybridized carbons (Fsp3) is 0.316. The van der Waals surface area contributed by atoms with E-state index >= 15 is 0 Å². The van der Waals surface area contributed by atoms with Crippen LogP contribution in [0.4, 0.5) is 5.69 Å². The van der Waals surface area contributed by atoms with E-state index in [4.69, 9.17) is 0 Å². The van der Waals surface area contributed by atoms with Crippen LogP contribution >= 0.6 is 0 Å². The molecule has 2 N–H and O–H groups in total. The van der Waals surface area contributed by atoms with Crippen molar-refractivity contribution >= 4 is 11.6 Å². The molecule has 116 valence electrons. The maximum atomic E-state index is 11.9. The molecule has 0 saturated carbocycles. The van der Waals surface area contributed by atoms with E-state index in [0.717, 1.165) is 11.3 Å². The van der Waals surface area contributed by atoms with Crippen LogP contribution in [0.15, 0.2) is 48.5 Å². The van der Waals surface area contributed by atoms with Crippen molar-refractivity contribution in [2.75, 3.05) is 11.9 Å². The molecule has 22 heavy (non-hydrogen) atoms. The predicted octanol–water partition coefficient (Wildman–Crippen LogP) is 3.85. The van der Waals surface area contributed by atoms with E-state index < -0.39 is 0 Å². The van der Waals surface area contributed by atoms with E-state index in [9.17, 15) is 4.79 Å². The lowest BCUT2D eigenvalue weighted by molar-refractivity contribution is -0.119. The van der Waals surface area contributed by atoms with E-state index in [1.807, 2.05) is 30.3 Å². The zero-order valence-corrected chi connectivity index (χ0v) is 13.5. The number of hydrogen-bond donors (Lipinski definition) is 2. The predicted molar refractivity (Wildman–Crippen MR) is 92.0 cm³/mol. The zero-order valence-electron chi connectivity index (χ0n) is 13.5. The molecule has 0 spiro atoms. The maximum Gasteiger partial charge on any atom is 0.239 e. The largest absolute Gasteiger partial charge is 0.376 e. The topological polar surface area (TPSA) is 41.1 Å². The third-order valence-electron chi connectivity index (χ3n) is 3.77. The Balaban J connectivity index is 1.79. The molecule has 2 aromatic carbocycles. The van der Waals surface area contributed by atoms with Crippen LogP contribution in [0.5, 0.6) is 0 Å². The molecule has 0 radical (unpaired) electrons. The molecular formula is C19H24N2O. The number of carbonyl (C=O) groups excluding carboxylic acids is 1. The third kappa shape index (κ3) is 4.62. The van der Waals surface area contributed by atoms with Crippen LogP contribution in [0, 0.1) is 6.92 Å². The van der Waals surface area contributed by atoms with Gasteiger partial charge < -0.3 is 10.6 Å². The van der Waals surface area contributed by atoms with Crippen molar-refractivity contribution in [2.24, 2.45) is 0 Å². The van der Waals surface area contributed by atoms with Gasteiger partial charge in [0.1, 0.15) is 0 Å².